The second kappa shape index (κ2) is 7.56. The highest BCUT2D eigenvalue weighted by atomic mass is 16.6. The van der Waals surface area contributed by atoms with E-state index in [0.717, 1.165) is 0 Å². The fourth-order valence-corrected chi connectivity index (χ4v) is 0.910. The lowest BCUT2D eigenvalue weighted by atomic mass is 10.2. The second-order valence-corrected chi connectivity index (χ2v) is 4.54. The highest BCUT2D eigenvalue weighted by Gasteiger charge is 2.15. The van der Waals surface area contributed by atoms with Gasteiger partial charge in [-0.2, -0.15) is 0 Å². The summed E-state index contributed by atoms with van der Waals surface area (Å²) in [5.41, 5.74) is 4.93. The molecule has 0 spiro atoms. The third kappa shape index (κ3) is 8.42. The number of hydrogen-bond acceptors (Lipinski definition) is 5. The minimum atomic E-state index is -0.760. The standard InChI is InChI=1S/C12H20N2O4/c1-12(2,3)18-11(16)14-8-6-5-7-9(13)10(15)17-4/h9H,7-8,13H2,1-4H3,(H,14,16). The topological polar surface area (TPSA) is 90.6 Å². The molecule has 1 amide bonds. The second-order valence-electron chi connectivity index (χ2n) is 4.54. The molecule has 18 heavy (non-hydrogen) atoms. The van der Waals surface area contributed by atoms with E-state index < -0.39 is 23.7 Å². The summed E-state index contributed by atoms with van der Waals surface area (Å²) in [5.74, 6) is 4.82. The van der Waals surface area contributed by atoms with Crippen LogP contribution in [0.1, 0.15) is 27.2 Å². The predicted octanol–water partition coefficient (Wildman–Crippen LogP) is 0.405. The summed E-state index contributed by atoms with van der Waals surface area (Å²) in [5, 5.41) is 2.46. The molecule has 0 rings (SSSR count). The van der Waals surface area contributed by atoms with Crippen molar-refractivity contribution >= 4 is 12.1 Å². The van der Waals surface area contributed by atoms with E-state index in [2.05, 4.69) is 21.9 Å². The molecule has 1 unspecified atom stereocenters. The molecule has 0 aromatic rings. The average molecular weight is 256 g/mol. The third-order valence-corrected chi connectivity index (χ3v) is 1.67. The zero-order chi connectivity index (χ0) is 14.2. The first kappa shape index (κ1) is 16.3. The van der Waals surface area contributed by atoms with Crippen molar-refractivity contribution < 1.29 is 19.1 Å². The summed E-state index contributed by atoms with van der Waals surface area (Å²) in [6.45, 7) is 5.46. The molecule has 1 atom stereocenters. The average Bonchev–Trinajstić information content (AvgIpc) is 2.24. The van der Waals surface area contributed by atoms with Crippen molar-refractivity contribution in [3.05, 3.63) is 0 Å². The summed E-state index contributed by atoms with van der Waals surface area (Å²) in [4.78, 5) is 22.1. The van der Waals surface area contributed by atoms with Gasteiger partial charge >= 0.3 is 12.1 Å². The van der Waals surface area contributed by atoms with Crippen LogP contribution in [0.5, 0.6) is 0 Å². The van der Waals surface area contributed by atoms with Crippen molar-refractivity contribution in [2.24, 2.45) is 5.73 Å². The molecule has 0 heterocycles. The van der Waals surface area contributed by atoms with Gasteiger partial charge in [0.15, 0.2) is 0 Å². The van der Waals surface area contributed by atoms with Gasteiger partial charge < -0.3 is 20.5 Å². The van der Waals surface area contributed by atoms with Gasteiger partial charge in [0.1, 0.15) is 11.6 Å². The number of methoxy groups -OCH3 is 1. The van der Waals surface area contributed by atoms with E-state index >= 15 is 0 Å². The van der Waals surface area contributed by atoms with Gasteiger partial charge in [-0.25, -0.2) is 4.79 Å². The molecule has 0 fully saturated rings. The first-order valence-electron chi connectivity index (χ1n) is 5.52. The number of hydrogen-bond donors (Lipinski definition) is 2. The highest BCUT2D eigenvalue weighted by molar-refractivity contribution is 5.75. The van der Waals surface area contributed by atoms with Crippen LogP contribution in [0, 0.1) is 11.8 Å². The molecule has 0 aliphatic carbocycles. The zero-order valence-corrected chi connectivity index (χ0v) is 11.2. The Morgan fingerprint density at radius 2 is 1.94 bits per heavy atom. The van der Waals surface area contributed by atoms with E-state index in [0.29, 0.717) is 0 Å². The minimum Gasteiger partial charge on any atom is -0.468 e. The molecule has 6 heteroatoms. The van der Waals surface area contributed by atoms with Crippen LogP contribution in [0.2, 0.25) is 0 Å². The molecule has 0 aromatic heterocycles. The molecule has 0 saturated heterocycles. The molecule has 0 aliphatic heterocycles. The van der Waals surface area contributed by atoms with Crippen molar-refractivity contribution in [3.63, 3.8) is 0 Å². The molecular formula is C12H20N2O4. The summed E-state index contributed by atoms with van der Waals surface area (Å²) in [6, 6.07) is -0.760. The van der Waals surface area contributed by atoms with E-state index in [1.165, 1.54) is 7.11 Å². The SMILES string of the molecule is COC(=O)C(N)CC#CCNC(=O)OC(C)(C)C. The Morgan fingerprint density at radius 3 is 2.44 bits per heavy atom. The molecular weight excluding hydrogens is 236 g/mol. The van der Waals surface area contributed by atoms with Crippen LogP contribution in [0.15, 0.2) is 0 Å². The number of carbonyl (C=O) groups excluding carboxylic acids is 2. The highest BCUT2D eigenvalue weighted by Crippen LogP contribution is 2.05. The number of nitrogens with two attached hydrogens (primary N) is 1. The fourth-order valence-electron chi connectivity index (χ4n) is 0.910. The van der Waals surface area contributed by atoms with Gasteiger partial charge in [0, 0.05) is 6.42 Å². The van der Waals surface area contributed by atoms with E-state index in [1.54, 1.807) is 20.8 Å². The monoisotopic (exact) mass is 256 g/mol. The van der Waals surface area contributed by atoms with Crippen LogP contribution in [0.25, 0.3) is 0 Å². The van der Waals surface area contributed by atoms with E-state index in [1.807, 2.05) is 0 Å². The quantitative estimate of drug-likeness (QED) is 0.563. The lowest BCUT2D eigenvalue weighted by molar-refractivity contribution is -0.142. The first-order valence-corrected chi connectivity index (χ1v) is 5.52. The maximum Gasteiger partial charge on any atom is 0.408 e. The van der Waals surface area contributed by atoms with Crippen molar-refractivity contribution in [3.8, 4) is 11.8 Å². The number of nitrogens with one attached hydrogen (secondary N) is 1. The van der Waals surface area contributed by atoms with Crippen LogP contribution in [0.4, 0.5) is 4.79 Å². The maximum absolute atomic E-state index is 11.2. The van der Waals surface area contributed by atoms with Crippen LogP contribution < -0.4 is 11.1 Å². The molecule has 0 aromatic carbocycles. The predicted molar refractivity (Wildman–Crippen MR) is 66.6 cm³/mol. The van der Waals surface area contributed by atoms with Gasteiger partial charge in [0.05, 0.1) is 13.7 Å². The van der Waals surface area contributed by atoms with Gasteiger partial charge in [-0.1, -0.05) is 11.8 Å². The Hall–Kier alpha value is -1.74. The third-order valence-electron chi connectivity index (χ3n) is 1.67. The lowest BCUT2D eigenvalue weighted by Gasteiger charge is -2.19. The molecule has 102 valence electrons. The maximum atomic E-state index is 11.2. The van der Waals surface area contributed by atoms with E-state index in [9.17, 15) is 9.59 Å². The Balaban J connectivity index is 3.86. The van der Waals surface area contributed by atoms with Gasteiger partial charge in [-0.3, -0.25) is 4.79 Å². The molecule has 6 nitrogen and oxygen atoms in total. The Morgan fingerprint density at radius 1 is 1.33 bits per heavy atom. The number of ether oxygens (including phenoxy) is 2. The summed E-state index contributed by atoms with van der Waals surface area (Å²) < 4.78 is 9.44. The minimum absolute atomic E-state index is 0.142. The van der Waals surface area contributed by atoms with E-state index in [-0.39, 0.29) is 13.0 Å². The van der Waals surface area contributed by atoms with Crippen molar-refractivity contribution in [2.45, 2.75) is 38.8 Å². The summed E-state index contributed by atoms with van der Waals surface area (Å²) in [7, 11) is 1.26. The number of esters is 1. The van der Waals surface area contributed by atoms with Crippen molar-refractivity contribution in [2.75, 3.05) is 13.7 Å². The Bertz CT molecular complexity index is 349. The Labute approximate surface area is 107 Å². The smallest absolute Gasteiger partial charge is 0.408 e. The molecule has 0 radical (unpaired) electrons. The number of alkyl carbamates (subject to hydrolysis) is 1. The number of carbonyl (C=O) groups is 2. The molecule has 0 aliphatic rings. The molecule has 0 bridgehead atoms. The molecule has 0 saturated carbocycles. The largest absolute Gasteiger partial charge is 0.468 e. The van der Waals surface area contributed by atoms with Crippen molar-refractivity contribution in [1.82, 2.24) is 5.32 Å². The normalized spacial score (nSPS) is 11.8. The van der Waals surface area contributed by atoms with Gasteiger partial charge in [0.25, 0.3) is 0 Å². The number of amides is 1. The van der Waals surface area contributed by atoms with Crippen LogP contribution in [-0.4, -0.2) is 37.4 Å². The van der Waals surface area contributed by atoms with Crippen molar-refractivity contribution in [1.29, 1.82) is 0 Å². The van der Waals surface area contributed by atoms with Gasteiger partial charge in [-0.15, -0.1) is 0 Å². The Kier molecular flexibility index (Phi) is 6.83. The van der Waals surface area contributed by atoms with Gasteiger partial charge in [-0.05, 0) is 20.8 Å². The lowest BCUT2D eigenvalue weighted by Crippen LogP contribution is -2.33. The van der Waals surface area contributed by atoms with E-state index in [4.69, 9.17) is 10.5 Å². The van der Waals surface area contributed by atoms with Crippen LogP contribution in [0.3, 0.4) is 0 Å². The summed E-state index contributed by atoms with van der Waals surface area (Å²) in [6.07, 6.45) is -0.350. The number of rotatable bonds is 3. The summed E-state index contributed by atoms with van der Waals surface area (Å²) >= 11 is 0. The molecule has 3 N–H and O–H groups in total. The van der Waals surface area contributed by atoms with Crippen LogP contribution >= 0.6 is 0 Å². The first-order chi connectivity index (χ1) is 8.26. The fraction of sp³-hybridized carbons (Fsp3) is 0.667. The zero-order valence-electron chi connectivity index (χ0n) is 11.2. The van der Waals surface area contributed by atoms with Gasteiger partial charge in [0.2, 0.25) is 0 Å². The van der Waals surface area contributed by atoms with Crippen LogP contribution in [-0.2, 0) is 14.3 Å².